The molecule has 0 radical (unpaired) electrons. The molecule has 0 aromatic carbocycles. The van der Waals surface area contributed by atoms with Crippen LogP contribution in [0.4, 0.5) is 0 Å². The van der Waals surface area contributed by atoms with Crippen molar-refractivity contribution in [2.75, 3.05) is 13.2 Å². The van der Waals surface area contributed by atoms with E-state index in [1.807, 2.05) is 23.3 Å². The number of nitrogens with zero attached hydrogens (tertiary/aromatic N) is 4. The maximum absolute atomic E-state index is 12.7. The summed E-state index contributed by atoms with van der Waals surface area (Å²) in [6, 6.07) is 1.59. The van der Waals surface area contributed by atoms with Crippen molar-refractivity contribution in [3.63, 3.8) is 0 Å². The summed E-state index contributed by atoms with van der Waals surface area (Å²) >= 11 is 0. The Balaban J connectivity index is 1.83. The number of hydrogen-bond donors (Lipinski definition) is 0. The molecule has 0 aliphatic carbocycles. The van der Waals surface area contributed by atoms with Gasteiger partial charge in [-0.2, -0.15) is 0 Å². The fraction of sp³-hybridized carbons (Fsp3) is 0.533. The Morgan fingerprint density at radius 1 is 1.45 bits per heavy atom. The number of hydrogen-bond acceptors (Lipinski definition) is 5. The second kappa shape index (κ2) is 5.92. The van der Waals surface area contributed by atoms with Crippen LogP contribution in [0.25, 0.3) is 0 Å². The first-order chi connectivity index (χ1) is 10.6. The van der Waals surface area contributed by atoms with Crippen molar-refractivity contribution in [3.8, 4) is 0 Å². The number of ether oxygens (including phenoxy) is 1. The highest BCUT2D eigenvalue weighted by Gasteiger charge is 2.32. The van der Waals surface area contributed by atoms with Crippen LogP contribution in [0.3, 0.4) is 0 Å². The maximum Gasteiger partial charge on any atom is 0.258 e. The molecule has 0 bridgehead atoms. The first-order valence-corrected chi connectivity index (χ1v) is 7.48. The third-order valence-corrected chi connectivity index (χ3v) is 4.05. The molecule has 2 aromatic rings. The van der Waals surface area contributed by atoms with Gasteiger partial charge in [-0.05, 0) is 26.8 Å². The van der Waals surface area contributed by atoms with E-state index in [1.165, 1.54) is 0 Å². The van der Waals surface area contributed by atoms with Gasteiger partial charge in [-0.3, -0.25) is 4.79 Å². The summed E-state index contributed by atoms with van der Waals surface area (Å²) in [5.74, 6) is 2.23. The van der Waals surface area contributed by atoms with Crippen LogP contribution in [0.15, 0.2) is 16.7 Å². The van der Waals surface area contributed by atoms with Gasteiger partial charge < -0.3 is 18.6 Å². The van der Waals surface area contributed by atoms with Gasteiger partial charge in [0, 0.05) is 19.7 Å². The van der Waals surface area contributed by atoms with Crippen molar-refractivity contribution < 1.29 is 13.9 Å². The molecule has 118 valence electrons. The van der Waals surface area contributed by atoms with Crippen molar-refractivity contribution in [1.29, 1.82) is 0 Å². The van der Waals surface area contributed by atoms with Crippen LogP contribution in [-0.2, 0) is 17.9 Å². The number of carbonyl (C=O) groups excluding carboxylic acids is 1. The van der Waals surface area contributed by atoms with Gasteiger partial charge in [0.05, 0.1) is 17.9 Å². The van der Waals surface area contributed by atoms with Gasteiger partial charge in [0.2, 0.25) is 0 Å². The molecule has 1 amide bonds. The maximum atomic E-state index is 12.7. The third-order valence-electron chi connectivity index (χ3n) is 4.05. The molecule has 1 aliphatic rings. The molecule has 22 heavy (non-hydrogen) atoms. The largest absolute Gasteiger partial charge is 0.469 e. The van der Waals surface area contributed by atoms with Gasteiger partial charge in [-0.15, -0.1) is 10.2 Å². The minimum absolute atomic E-state index is 0.0284. The van der Waals surface area contributed by atoms with E-state index in [-0.39, 0.29) is 11.9 Å². The van der Waals surface area contributed by atoms with E-state index in [4.69, 9.17) is 9.15 Å². The van der Waals surface area contributed by atoms with Crippen molar-refractivity contribution >= 4 is 5.91 Å². The number of aryl methyl sites for hydroxylation is 1. The first kappa shape index (κ1) is 14.8. The quantitative estimate of drug-likeness (QED) is 0.863. The highest BCUT2D eigenvalue weighted by molar-refractivity contribution is 5.95. The fourth-order valence-electron chi connectivity index (χ4n) is 2.78. The predicted molar refractivity (Wildman–Crippen MR) is 78.2 cm³/mol. The summed E-state index contributed by atoms with van der Waals surface area (Å²) in [5.41, 5.74) is 0.606. The zero-order chi connectivity index (χ0) is 15.7. The van der Waals surface area contributed by atoms with Crippen LogP contribution >= 0.6 is 0 Å². The topological polar surface area (TPSA) is 73.4 Å². The minimum atomic E-state index is -0.126. The lowest BCUT2D eigenvalue weighted by Crippen LogP contribution is -2.41. The van der Waals surface area contributed by atoms with Crippen molar-refractivity contribution in [1.82, 2.24) is 19.7 Å². The molecule has 0 spiro atoms. The molecular formula is C15H20N4O3. The van der Waals surface area contributed by atoms with Crippen LogP contribution < -0.4 is 0 Å². The lowest BCUT2D eigenvalue weighted by molar-refractivity contribution is 0.0628. The molecule has 0 fully saturated rings. The normalized spacial score (nSPS) is 17.6. The summed E-state index contributed by atoms with van der Waals surface area (Å²) in [4.78, 5) is 14.5. The van der Waals surface area contributed by atoms with Crippen LogP contribution in [0.5, 0.6) is 0 Å². The molecule has 1 aliphatic heterocycles. The Morgan fingerprint density at radius 2 is 2.27 bits per heavy atom. The predicted octanol–water partition coefficient (Wildman–Crippen LogP) is 1.93. The number of amides is 1. The summed E-state index contributed by atoms with van der Waals surface area (Å²) < 4.78 is 12.7. The van der Waals surface area contributed by atoms with Crippen LogP contribution in [0, 0.1) is 6.92 Å². The number of furan rings is 1. The zero-order valence-corrected chi connectivity index (χ0v) is 13.1. The third kappa shape index (κ3) is 2.41. The standard InChI is InChI=1S/C15H20N4O3/c1-4-21-9-13-16-17-14-10(2)18(6-7-19(13)14)15(20)12-5-8-22-11(12)3/h5,8,10H,4,6-7,9H2,1-3H3. The second-order valence-corrected chi connectivity index (χ2v) is 5.33. The Labute approximate surface area is 128 Å². The minimum Gasteiger partial charge on any atom is -0.469 e. The van der Waals surface area contributed by atoms with Crippen LogP contribution in [0.1, 0.15) is 47.7 Å². The number of rotatable bonds is 4. The highest BCUT2D eigenvalue weighted by atomic mass is 16.5. The Kier molecular flexibility index (Phi) is 3.98. The Morgan fingerprint density at radius 3 is 2.95 bits per heavy atom. The molecule has 1 atom stereocenters. The average molecular weight is 304 g/mol. The van der Waals surface area contributed by atoms with Gasteiger partial charge in [-0.25, -0.2) is 0 Å². The fourth-order valence-corrected chi connectivity index (χ4v) is 2.78. The van der Waals surface area contributed by atoms with E-state index in [9.17, 15) is 4.79 Å². The van der Waals surface area contributed by atoms with E-state index in [2.05, 4.69) is 10.2 Å². The summed E-state index contributed by atoms with van der Waals surface area (Å²) in [5, 5.41) is 8.43. The highest BCUT2D eigenvalue weighted by Crippen LogP contribution is 2.27. The number of carbonyl (C=O) groups is 1. The molecule has 0 saturated heterocycles. The van der Waals surface area contributed by atoms with E-state index in [1.54, 1.807) is 19.3 Å². The van der Waals surface area contributed by atoms with Gasteiger partial charge >= 0.3 is 0 Å². The van der Waals surface area contributed by atoms with Gasteiger partial charge in [-0.1, -0.05) is 0 Å². The molecule has 0 N–H and O–H groups in total. The molecule has 2 aromatic heterocycles. The Hall–Kier alpha value is -2.15. The molecule has 7 heteroatoms. The van der Waals surface area contributed by atoms with Gasteiger partial charge in [0.15, 0.2) is 11.6 Å². The summed E-state index contributed by atoms with van der Waals surface area (Å²) in [7, 11) is 0. The van der Waals surface area contributed by atoms with Crippen molar-refractivity contribution in [2.24, 2.45) is 0 Å². The van der Waals surface area contributed by atoms with E-state index < -0.39 is 0 Å². The second-order valence-electron chi connectivity index (χ2n) is 5.33. The molecule has 3 heterocycles. The smallest absolute Gasteiger partial charge is 0.258 e. The molecule has 0 saturated carbocycles. The summed E-state index contributed by atoms with van der Waals surface area (Å²) in [6.07, 6.45) is 1.54. The van der Waals surface area contributed by atoms with Crippen molar-refractivity contribution in [2.45, 2.75) is 40.0 Å². The zero-order valence-electron chi connectivity index (χ0n) is 13.1. The summed E-state index contributed by atoms with van der Waals surface area (Å²) in [6.45, 7) is 8.10. The first-order valence-electron chi connectivity index (χ1n) is 7.48. The van der Waals surface area contributed by atoms with Gasteiger partial charge in [0.1, 0.15) is 12.4 Å². The van der Waals surface area contributed by atoms with Crippen molar-refractivity contribution in [3.05, 3.63) is 35.3 Å². The number of aromatic nitrogens is 3. The van der Waals surface area contributed by atoms with Crippen LogP contribution in [0.2, 0.25) is 0 Å². The van der Waals surface area contributed by atoms with E-state index in [0.717, 1.165) is 11.6 Å². The van der Waals surface area contributed by atoms with E-state index in [0.29, 0.717) is 37.6 Å². The van der Waals surface area contributed by atoms with Crippen LogP contribution in [-0.4, -0.2) is 38.7 Å². The molecular weight excluding hydrogens is 284 g/mol. The molecule has 1 unspecified atom stereocenters. The monoisotopic (exact) mass is 304 g/mol. The lowest BCUT2D eigenvalue weighted by Gasteiger charge is -2.33. The van der Waals surface area contributed by atoms with E-state index >= 15 is 0 Å². The average Bonchev–Trinajstić information content (AvgIpc) is 3.11. The SMILES string of the molecule is CCOCc1nnc2n1CCN(C(=O)c1ccoc1C)C2C. The molecule has 3 rings (SSSR count). The lowest BCUT2D eigenvalue weighted by atomic mass is 10.1. The Bertz CT molecular complexity index is 676. The van der Waals surface area contributed by atoms with Gasteiger partial charge in [0.25, 0.3) is 5.91 Å². The molecule has 7 nitrogen and oxygen atoms in total. The number of fused-ring (bicyclic) bond motifs is 1.